The van der Waals surface area contributed by atoms with Crippen molar-refractivity contribution >= 4 is 21.6 Å². The van der Waals surface area contributed by atoms with Crippen LogP contribution >= 0.6 is 11.3 Å². The fourth-order valence-electron chi connectivity index (χ4n) is 1.73. The largest absolute Gasteiger partial charge is 0.490 e. The molecule has 0 aliphatic heterocycles. The van der Waals surface area contributed by atoms with Gasteiger partial charge in [0.15, 0.2) is 0 Å². The van der Waals surface area contributed by atoms with E-state index in [0.29, 0.717) is 19.1 Å². The van der Waals surface area contributed by atoms with E-state index in [-0.39, 0.29) is 0 Å². The number of ether oxygens (including phenoxy) is 1. The molecular formula is C12H14N2OS. The monoisotopic (exact) mass is 234 g/mol. The Hall–Kier alpha value is -1.13. The zero-order valence-corrected chi connectivity index (χ0v) is 9.80. The van der Waals surface area contributed by atoms with Crippen molar-refractivity contribution in [2.75, 3.05) is 13.2 Å². The van der Waals surface area contributed by atoms with Gasteiger partial charge in [-0.15, -0.1) is 11.3 Å². The van der Waals surface area contributed by atoms with Crippen LogP contribution in [0.1, 0.15) is 23.8 Å². The first-order valence-corrected chi connectivity index (χ1v) is 6.42. The highest BCUT2D eigenvalue weighted by Gasteiger charge is 2.27. The molecule has 1 fully saturated rings. The zero-order valence-electron chi connectivity index (χ0n) is 8.98. The van der Waals surface area contributed by atoms with Gasteiger partial charge in [-0.05, 0) is 25.0 Å². The summed E-state index contributed by atoms with van der Waals surface area (Å²) in [5.74, 6) is 1.57. The van der Waals surface area contributed by atoms with Crippen LogP contribution in [0.2, 0.25) is 0 Å². The quantitative estimate of drug-likeness (QED) is 0.884. The zero-order chi connectivity index (χ0) is 11.0. The summed E-state index contributed by atoms with van der Waals surface area (Å²) < 4.78 is 6.82. The minimum absolute atomic E-state index is 0.538. The molecule has 0 bridgehead atoms. The van der Waals surface area contributed by atoms with Crippen LogP contribution in [0.15, 0.2) is 18.2 Å². The third-order valence-electron chi connectivity index (χ3n) is 2.70. The van der Waals surface area contributed by atoms with Gasteiger partial charge in [-0.2, -0.15) is 0 Å². The Morgan fingerprint density at radius 1 is 1.44 bits per heavy atom. The first-order valence-electron chi connectivity index (χ1n) is 5.61. The van der Waals surface area contributed by atoms with E-state index in [1.807, 2.05) is 12.1 Å². The second-order valence-corrected chi connectivity index (χ2v) is 5.13. The van der Waals surface area contributed by atoms with E-state index < -0.39 is 0 Å². The molecule has 0 amide bonds. The van der Waals surface area contributed by atoms with Crippen LogP contribution in [0, 0.1) is 0 Å². The number of benzene rings is 1. The van der Waals surface area contributed by atoms with Crippen LogP contribution in [0.25, 0.3) is 10.2 Å². The molecule has 0 spiro atoms. The van der Waals surface area contributed by atoms with Crippen molar-refractivity contribution in [2.24, 2.45) is 5.73 Å². The van der Waals surface area contributed by atoms with E-state index in [4.69, 9.17) is 10.5 Å². The average Bonchev–Trinajstić information content (AvgIpc) is 3.06. The minimum Gasteiger partial charge on any atom is -0.490 e. The van der Waals surface area contributed by atoms with Crippen LogP contribution in [-0.2, 0) is 0 Å². The second kappa shape index (κ2) is 4.03. The molecule has 0 unspecified atom stereocenters. The molecule has 0 radical (unpaired) electrons. The molecule has 1 aromatic heterocycles. The molecule has 0 atom stereocenters. The molecule has 1 aliphatic carbocycles. The van der Waals surface area contributed by atoms with Crippen molar-refractivity contribution in [1.82, 2.24) is 4.98 Å². The first-order chi connectivity index (χ1) is 7.88. The van der Waals surface area contributed by atoms with Gasteiger partial charge >= 0.3 is 0 Å². The predicted molar refractivity (Wildman–Crippen MR) is 66.1 cm³/mol. The van der Waals surface area contributed by atoms with Gasteiger partial charge in [0.05, 0.1) is 9.71 Å². The molecule has 2 aromatic rings. The van der Waals surface area contributed by atoms with Crippen LogP contribution in [-0.4, -0.2) is 18.1 Å². The SMILES string of the molecule is NCCOc1cccc2sc(C3CC3)nc12. The number of hydrogen-bond donors (Lipinski definition) is 1. The predicted octanol–water partition coefficient (Wildman–Crippen LogP) is 2.51. The summed E-state index contributed by atoms with van der Waals surface area (Å²) in [6.07, 6.45) is 2.58. The van der Waals surface area contributed by atoms with Gasteiger partial charge in [0.2, 0.25) is 0 Å². The number of nitrogens with zero attached hydrogens (tertiary/aromatic N) is 1. The summed E-state index contributed by atoms with van der Waals surface area (Å²) >= 11 is 1.79. The number of fused-ring (bicyclic) bond motifs is 1. The fraction of sp³-hybridized carbons (Fsp3) is 0.417. The molecule has 1 heterocycles. The van der Waals surface area contributed by atoms with Crippen molar-refractivity contribution < 1.29 is 4.74 Å². The Morgan fingerprint density at radius 2 is 2.31 bits per heavy atom. The van der Waals surface area contributed by atoms with Gasteiger partial charge in [-0.1, -0.05) is 6.07 Å². The second-order valence-electron chi connectivity index (χ2n) is 4.07. The maximum atomic E-state index is 5.60. The summed E-state index contributed by atoms with van der Waals surface area (Å²) in [6, 6.07) is 6.09. The molecule has 1 aliphatic rings. The Morgan fingerprint density at radius 3 is 3.06 bits per heavy atom. The molecule has 4 heteroatoms. The highest BCUT2D eigenvalue weighted by atomic mass is 32.1. The molecule has 2 N–H and O–H groups in total. The lowest BCUT2D eigenvalue weighted by molar-refractivity contribution is 0.331. The lowest BCUT2D eigenvalue weighted by atomic mass is 10.3. The van der Waals surface area contributed by atoms with E-state index in [1.54, 1.807) is 11.3 Å². The van der Waals surface area contributed by atoms with E-state index in [9.17, 15) is 0 Å². The summed E-state index contributed by atoms with van der Waals surface area (Å²) in [4.78, 5) is 4.68. The number of thiazole rings is 1. The minimum atomic E-state index is 0.538. The molecular weight excluding hydrogens is 220 g/mol. The van der Waals surface area contributed by atoms with Crippen molar-refractivity contribution in [3.63, 3.8) is 0 Å². The lowest BCUT2D eigenvalue weighted by Gasteiger charge is -2.03. The van der Waals surface area contributed by atoms with Crippen LogP contribution in [0.3, 0.4) is 0 Å². The van der Waals surface area contributed by atoms with Gasteiger partial charge in [-0.25, -0.2) is 4.98 Å². The van der Waals surface area contributed by atoms with Crippen LogP contribution in [0.5, 0.6) is 5.75 Å². The molecule has 16 heavy (non-hydrogen) atoms. The highest BCUT2D eigenvalue weighted by Crippen LogP contribution is 2.44. The fourth-order valence-corrected chi connectivity index (χ4v) is 2.88. The highest BCUT2D eigenvalue weighted by molar-refractivity contribution is 7.18. The van der Waals surface area contributed by atoms with E-state index in [1.165, 1.54) is 22.5 Å². The number of nitrogens with two attached hydrogens (primary N) is 1. The molecule has 1 aromatic carbocycles. The third kappa shape index (κ3) is 1.79. The summed E-state index contributed by atoms with van der Waals surface area (Å²) in [6.45, 7) is 1.09. The average molecular weight is 234 g/mol. The maximum absolute atomic E-state index is 5.60. The normalized spacial score (nSPS) is 15.6. The Kier molecular flexibility index (Phi) is 2.53. The maximum Gasteiger partial charge on any atom is 0.146 e. The lowest BCUT2D eigenvalue weighted by Crippen LogP contribution is -2.10. The van der Waals surface area contributed by atoms with Crippen LogP contribution in [0.4, 0.5) is 0 Å². The van der Waals surface area contributed by atoms with Crippen molar-refractivity contribution in [3.05, 3.63) is 23.2 Å². The standard InChI is InChI=1S/C12H14N2OS/c13-6-7-15-9-2-1-3-10-11(9)14-12(16-10)8-4-5-8/h1-3,8H,4-7,13H2. The number of rotatable bonds is 4. The van der Waals surface area contributed by atoms with E-state index >= 15 is 0 Å². The topological polar surface area (TPSA) is 48.1 Å². The van der Waals surface area contributed by atoms with Gasteiger partial charge in [0.25, 0.3) is 0 Å². The third-order valence-corrected chi connectivity index (χ3v) is 3.88. The Balaban J connectivity index is 1.99. The number of para-hydroxylation sites is 1. The van der Waals surface area contributed by atoms with Crippen molar-refractivity contribution in [3.8, 4) is 5.75 Å². The summed E-state index contributed by atoms with van der Waals surface area (Å²) in [5, 5.41) is 1.26. The molecule has 0 saturated heterocycles. The van der Waals surface area contributed by atoms with E-state index in [0.717, 1.165) is 11.3 Å². The Labute approximate surface area is 98.2 Å². The molecule has 1 saturated carbocycles. The van der Waals surface area contributed by atoms with E-state index in [2.05, 4.69) is 11.1 Å². The van der Waals surface area contributed by atoms with Crippen LogP contribution < -0.4 is 10.5 Å². The van der Waals surface area contributed by atoms with Gasteiger partial charge in [0, 0.05) is 12.5 Å². The molecule has 3 rings (SSSR count). The van der Waals surface area contributed by atoms with Crippen molar-refractivity contribution in [1.29, 1.82) is 0 Å². The first kappa shape index (κ1) is 10.1. The van der Waals surface area contributed by atoms with Crippen molar-refractivity contribution in [2.45, 2.75) is 18.8 Å². The molecule has 3 nitrogen and oxygen atoms in total. The number of aromatic nitrogens is 1. The van der Waals surface area contributed by atoms with Gasteiger partial charge < -0.3 is 10.5 Å². The smallest absolute Gasteiger partial charge is 0.146 e. The number of hydrogen-bond acceptors (Lipinski definition) is 4. The Bertz CT molecular complexity index is 505. The summed E-state index contributed by atoms with van der Waals surface area (Å²) in [7, 11) is 0. The van der Waals surface area contributed by atoms with Gasteiger partial charge in [-0.3, -0.25) is 0 Å². The summed E-state index contributed by atoms with van der Waals surface area (Å²) in [5.41, 5.74) is 6.44. The van der Waals surface area contributed by atoms with Gasteiger partial charge in [0.1, 0.15) is 17.9 Å². The molecule has 84 valence electrons.